The van der Waals surface area contributed by atoms with Gasteiger partial charge in [-0.15, -0.1) is 0 Å². The Bertz CT molecular complexity index is 3490. The molecule has 2 aromatic rings. The van der Waals surface area contributed by atoms with Gasteiger partial charge in [0, 0.05) is 5.92 Å². The zero-order chi connectivity index (χ0) is 85.6. The number of aliphatic carboxylic acids is 1. The standard InChI is InChI=1S/C80H131N17O17/c1-15-48(12)67(78(110)95-62(39-46(8)9)73(105)90-56(30-20-23-33-81)70(102)89-57(31-21-24-34-82)71(103)91-58(79(111)112)32-22-25-35-83)97-69(101)50(14)87-77(109)66(47(10)11)96-68(100)49(13)86-72(104)59(36-43(2)3)92-74(106)60(37-44(4)5)93-75(107)61(38-45(6)7)94-76(108)63(40-64(84)98)88-65(99)41-85-80(113)114-42-55-53-28-18-16-26-51(53)52-27-17-19-29-54(52)55/h16-19,26-29,43-50,55-63,66-67H,15,20-25,30-42,81-83H2,1-14H3,(H2,84,98)(H,85,113)(H,86,104)(H,87,109)(H,88,99)(H,89,102)(H,90,105)(H,91,103)(H,92,106)(H,93,107)(H,94,108)(H,95,110)(H,96,100)(H,97,101)(H,111,112)/t48-,49-,50-,56-,57-,58-,59-,60-,61-,62-,63-,66-,67-/m0/s1. The normalized spacial score (nSPS) is 15.2. The molecule has 34 heteroatoms. The second-order valence-electron chi connectivity index (χ2n) is 31.7. The first-order valence-corrected chi connectivity index (χ1v) is 40.1. The summed E-state index contributed by atoms with van der Waals surface area (Å²) in [5, 5.41) is 44.0. The fourth-order valence-corrected chi connectivity index (χ4v) is 13.0. The molecule has 13 atom stereocenters. The van der Waals surface area contributed by atoms with E-state index in [2.05, 4.69) is 69.1 Å². The van der Waals surface area contributed by atoms with E-state index in [9.17, 15) is 77.0 Å². The third kappa shape index (κ3) is 34.1. The molecular weight excluding hydrogens is 1470 g/mol. The Balaban J connectivity index is 1.72. The molecule has 14 amide bonds. The maximum absolute atomic E-state index is 14.4. The first kappa shape index (κ1) is 98.4. The Kier molecular flexibility index (Phi) is 43.5. The van der Waals surface area contributed by atoms with Gasteiger partial charge in [-0.25, -0.2) is 9.59 Å². The lowest BCUT2D eigenvalue weighted by Gasteiger charge is -2.30. The number of carbonyl (C=O) groups is 15. The first-order valence-electron chi connectivity index (χ1n) is 40.1. The van der Waals surface area contributed by atoms with E-state index in [-0.39, 0.29) is 87.7 Å². The molecule has 3 rings (SSSR count). The predicted octanol–water partition coefficient (Wildman–Crippen LogP) is 1.62. The number of carboxylic acid groups (broad SMARTS) is 1. The van der Waals surface area contributed by atoms with Gasteiger partial charge in [-0.3, -0.25) is 62.3 Å². The van der Waals surface area contributed by atoms with Crippen molar-refractivity contribution in [1.29, 1.82) is 0 Å². The van der Waals surface area contributed by atoms with E-state index in [1.165, 1.54) is 13.8 Å². The van der Waals surface area contributed by atoms with E-state index in [0.717, 1.165) is 22.3 Å². The number of ether oxygens (including phenoxy) is 1. The summed E-state index contributed by atoms with van der Waals surface area (Å²) in [4.78, 5) is 206. The Morgan fingerprint density at radius 1 is 0.395 bits per heavy atom. The molecule has 2 aromatic carbocycles. The van der Waals surface area contributed by atoms with Crippen LogP contribution < -0.4 is 92.1 Å². The number of amides is 14. The summed E-state index contributed by atoms with van der Waals surface area (Å²) < 4.78 is 5.53. The number of carbonyl (C=O) groups excluding carboxylic acids is 14. The highest BCUT2D eigenvalue weighted by atomic mass is 16.5. The second kappa shape index (κ2) is 50.4. The largest absolute Gasteiger partial charge is 0.480 e. The SMILES string of the molecule is CC[C@H](C)[C@H](NC(=O)[C@H](C)NC(=O)[C@@H](NC(=O)[C@H](C)NC(=O)[C@H](CC(C)C)NC(=O)[C@H](CC(C)C)NC(=O)[C@H](CC(C)C)NC(=O)[C@H](CC(N)=O)NC(=O)CNC(=O)OCC1c2ccccc2-c2ccccc21)C(C)C)C(=O)N[C@@H](CC(C)C)C(=O)N[C@@H](CCCCN)C(=O)N[C@@H](CCCCN)C(=O)N[C@@H](CCCCN)C(=O)O. The van der Waals surface area contributed by atoms with E-state index in [1.807, 2.05) is 62.4 Å². The van der Waals surface area contributed by atoms with Crippen molar-refractivity contribution in [3.05, 3.63) is 59.7 Å². The maximum Gasteiger partial charge on any atom is 0.407 e. The average Bonchev–Trinajstić information content (AvgIpc) is 1.62. The highest BCUT2D eigenvalue weighted by Crippen LogP contribution is 2.44. The van der Waals surface area contributed by atoms with Crippen molar-refractivity contribution in [3.63, 3.8) is 0 Å². The molecule has 0 bridgehead atoms. The number of carboxylic acids is 1. The van der Waals surface area contributed by atoms with Gasteiger partial charge >= 0.3 is 12.1 Å². The molecule has 1 aliphatic carbocycles. The van der Waals surface area contributed by atoms with Gasteiger partial charge in [0.05, 0.1) is 6.42 Å². The first-order chi connectivity index (χ1) is 53.8. The average molecular weight is 1600 g/mol. The van der Waals surface area contributed by atoms with Gasteiger partial charge in [0.25, 0.3) is 0 Å². The minimum atomic E-state index is -1.61. The number of benzene rings is 2. The van der Waals surface area contributed by atoms with E-state index >= 15 is 0 Å². The van der Waals surface area contributed by atoms with Crippen LogP contribution in [-0.2, 0) is 71.9 Å². The molecule has 0 radical (unpaired) electrons. The number of hydrogen-bond donors (Lipinski definition) is 18. The van der Waals surface area contributed by atoms with Crippen LogP contribution in [0.4, 0.5) is 4.79 Å². The third-order valence-corrected chi connectivity index (χ3v) is 19.4. The topological polar surface area (TPSA) is 546 Å². The Hall–Kier alpha value is -9.83. The van der Waals surface area contributed by atoms with Crippen LogP contribution in [0, 0.1) is 35.5 Å². The molecule has 0 heterocycles. The van der Waals surface area contributed by atoms with Crippen LogP contribution in [0.5, 0.6) is 0 Å². The quantitative estimate of drug-likeness (QED) is 0.0418. The number of alkyl carbamates (subject to hydrolysis) is 1. The van der Waals surface area contributed by atoms with Crippen LogP contribution in [0.25, 0.3) is 11.1 Å². The highest BCUT2D eigenvalue weighted by Gasteiger charge is 2.39. The fourth-order valence-electron chi connectivity index (χ4n) is 13.0. The van der Waals surface area contributed by atoms with Crippen LogP contribution in [0.2, 0.25) is 0 Å². The molecule has 34 nitrogen and oxygen atoms in total. The zero-order valence-electron chi connectivity index (χ0n) is 69.0. The Morgan fingerprint density at radius 2 is 0.728 bits per heavy atom. The van der Waals surface area contributed by atoms with Gasteiger partial charge in [-0.05, 0) is 175 Å². The Morgan fingerprint density at radius 3 is 1.11 bits per heavy atom. The summed E-state index contributed by atoms with van der Waals surface area (Å²) in [6.45, 7) is 24.0. The lowest BCUT2D eigenvalue weighted by atomic mass is 9.96. The van der Waals surface area contributed by atoms with E-state index in [1.54, 1.807) is 69.2 Å². The lowest BCUT2D eigenvalue weighted by molar-refractivity contribution is -0.142. The zero-order valence-corrected chi connectivity index (χ0v) is 69.0. The van der Waals surface area contributed by atoms with Crippen molar-refractivity contribution in [2.24, 2.45) is 58.4 Å². The van der Waals surface area contributed by atoms with Gasteiger partial charge in [0.1, 0.15) is 85.7 Å². The second-order valence-corrected chi connectivity index (χ2v) is 31.7. The monoisotopic (exact) mass is 1600 g/mol. The number of nitrogens with two attached hydrogens (primary N) is 4. The van der Waals surface area contributed by atoms with Crippen LogP contribution in [0.15, 0.2) is 48.5 Å². The summed E-state index contributed by atoms with van der Waals surface area (Å²) in [5.41, 5.74) is 26.6. The Labute approximate surface area is 670 Å². The number of rotatable bonds is 53. The number of primary amides is 1. The summed E-state index contributed by atoms with van der Waals surface area (Å²) in [5.74, 6) is -14.2. The van der Waals surface area contributed by atoms with Crippen LogP contribution in [0.1, 0.15) is 210 Å². The molecule has 0 aliphatic heterocycles. The summed E-state index contributed by atoms with van der Waals surface area (Å²) >= 11 is 0. The maximum atomic E-state index is 14.4. The van der Waals surface area contributed by atoms with Gasteiger partial charge in [-0.1, -0.05) is 138 Å². The molecule has 114 heavy (non-hydrogen) atoms. The number of hydrogen-bond acceptors (Lipinski definition) is 19. The van der Waals surface area contributed by atoms with Gasteiger partial charge < -0.3 is 102 Å². The highest BCUT2D eigenvalue weighted by molar-refractivity contribution is 6.00. The van der Waals surface area contributed by atoms with Crippen LogP contribution >= 0.6 is 0 Å². The van der Waals surface area contributed by atoms with E-state index in [0.29, 0.717) is 58.0 Å². The van der Waals surface area contributed by atoms with Crippen molar-refractivity contribution in [2.45, 2.75) is 272 Å². The molecule has 1 aliphatic rings. The molecule has 0 saturated heterocycles. The smallest absolute Gasteiger partial charge is 0.407 e. The van der Waals surface area contributed by atoms with Gasteiger partial charge in [0.15, 0.2) is 0 Å². The van der Waals surface area contributed by atoms with Gasteiger partial charge in [-0.2, -0.15) is 0 Å². The predicted molar refractivity (Wildman–Crippen MR) is 430 cm³/mol. The molecule has 0 spiro atoms. The summed E-state index contributed by atoms with van der Waals surface area (Å²) in [7, 11) is 0. The van der Waals surface area contributed by atoms with Crippen molar-refractivity contribution in [3.8, 4) is 11.1 Å². The summed E-state index contributed by atoms with van der Waals surface area (Å²) in [6, 6.07) is -0.239. The lowest BCUT2D eigenvalue weighted by Crippen LogP contribution is -2.61. The van der Waals surface area contributed by atoms with E-state index in [4.69, 9.17) is 27.7 Å². The van der Waals surface area contributed by atoms with Crippen molar-refractivity contribution < 1.29 is 81.8 Å². The number of fused-ring (bicyclic) bond motifs is 3. The van der Waals surface area contributed by atoms with Gasteiger partial charge in [0.2, 0.25) is 76.8 Å². The van der Waals surface area contributed by atoms with Crippen molar-refractivity contribution in [2.75, 3.05) is 32.8 Å². The molecule has 0 aromatic heterocycles. The molecule has 22 N–H and O–H groups in total. The van der Waals surface area contributed by atoms with Crippen molar-refractivity contribution in [1.82, 2.24) is 69.1 Å². The minimum Gasteiger partial charge on any atom is -0.480 e. The van der Waals surface area contributed by atoms with Crippen LogP contribution in [-0.4, -0.2) is 199 Å². The van der Waals surface area contributed by atoms with Crippen molar-refractivity contribution >= 4 is 88.9 Å². The minimum absolute atomic E-state index is 0.0128. The number of nitrogens with one attached hydrogen (secondary N) is 13. The molecule has 0 unspecified atom stereocenters. The summed E-state index contributed by atoms with van der Waals surface area (Å²) in [6.07, 6.45) is 1.92. The fraction of sp³-hybridized carbons (Fsp3) is 0.662. The molecule has 0 fully saturated rings. The molecule has 0 saturated carbocycles. The van der Waals surface area contributed by atoms with Crippen LogP contribution in [0.3, 0.4) is 0 Å². The van der Waals surface area contributed by atoms with E-state index < -0.39 is 186 Å². The third-order valence-electron chi connectivity index (χ3n) is 19.4. The number of unbranched alkanes of at least 4 members (excludes halogenated alkanes) is 3. The molecule has 638 valence electrons. The molecular formula is C80H131N17O17.